The lowest BCUT2D eigenvalue weighted by Gasteiger charge is -1.79. The van der Waals surface area contributed by atoms with Gasteiger partial charge in [0.25, 0.3) is 0 Å². The Labute approximate surface area is 66.5 Å². The van der Waals surface area contributed by atoms with Crippen molar-refractivity contribution in [3.63, 3.8) is 0 Å². The summed E-state index contributed by atoms with van der Waals surface area (Å²) in [6.07, 6.45) is 4.80. The molecule has 1 heterocycles. The third kappa shape index (κ3) is 6.58. The molecule has 0 aliphatic rings. The molecule has 0 unspecified atom stereocenters. The average Bonchev–Trinajstić information content (AvgIpc) is 2.60. The predicted molar refractivity (Wildman–Crippen MR) is 44.2 cm³/mol. The maximum absolute atomic E-state index is 9.64. The third-order valence-electron chi connectivity index (χ3n) is 1.05. The summed E-state index contributed by atoms with van der Waals surface area (Å²) >= 11 is 0. The van der Waals surface area contributed by atoms with Crippen molar-refractivity contribution in [2.45, 2.75) is 13.3 Å². The summed E-state index contributed by atoms with van der Waals surface area (Å²) < 4.78 is 4.58. The van der Waals surface area contributed by atoms with Crippen LogP contribution in [0.2, 0.25) is 0 Å². The summed E-state index contributed by atoms with van der Waals surface area (Å²) in [6.45, 7) is 5.32. The number of hydrogen-bond donors (Lipinski definition) is 0. The maximum Gasteiger partial charge on any atom is 0.145 e. The SMILES string of the molecule is C=C(C=O)CC.c1ccoc1. The van der Waals surface area contributed by atoms with E-state index in [4.69, 9.17) is 0 Å². The molecule has 60 valence electrons. The molecule has 2 heteroatoms. The number of rotatable bonds is 2. The second kappa shape index (κ2) is 6.81. The zero-order chi connectivity index (χ0) is 8.53. The molecule has 0 bridgehead atoms. The molecule has 1 aromatic rings. The normalized spacial score (nSPS) is 7.73. The summed E-state index contributed by atoms with van der Waals surface area (Å²) in [4.78, 5) is 9.64. The molecule has 0 saturated heterocycles. The van der Waals surface area contributed by atoms with E-state index in [-0.39, 0.29) is 0 Å². The molecular weight excluding hydrogens is 140 g/mol. The van der Waals surface area contributed by atoms with Gasteiger partial charge >= 0.3 is 0 Å². The van der Waals surface area contributed by atoms with Crippen molar-refractivity contribution in [1.29, 1.82) is 0 Å². The second-order valence-corrected chi connectivity index (χ2v) is 1.92. The molecule has 0 fully saturated rings. The monoisotopic (exact) mass is 152 g/mol. The van der Waals surface area contributed by atoms with Crippen molar-refractivity contribution < 1.29 is 9.21 Å². The molecular formula is C9H12O2. The fraction of sp³-hybridized carbons (Fsp3) is 0.222. The first-order chi connectivity index (χ1) is 5.31. The molecule has 0 atom stereocenters. The minimum absolute atomic E-state index is 0.662. The maximum atomic E-state index is 9.64. The van der Waals surface area contributed by atoms with Crippen LogP contribution in [-0.4, -0.2) is 6.29 Å². The second-order valence-electron chi connectivity index (χ2n) is 1.92. The van der Waals surface area contributed by atoms with Crippen molar-refractivity contribution in [2.24, 2.45) is 0 Å². The summed E-state index contributed by atoms with van der Waals surface area (Å²) in [7, 11) is 0. The van der Waals surface area contributed by atoms with Crippen LogP contribution in [0.5, 0.6) is 0 Å². The number of hydrogen-bond acceptors (Lipinski definition) is 2. The molecule has 0 radical (unpaired) electrons. The van der Waals surface area contributed by atoms with Gasteiger partial charge in [-0.2, -0.15) is 0 Å². The van der Waals surface area contributed by atoms with Crippen LogP contribution < -0.4 is 0 Å². The molecule has 0 aliphatic heterocycles. The zero-order valence-electron chi connectivity index (χ0n) is 6.62. The Balaban J connectivity index is 0.000000183. The highest BCUT2D eigenvalue weighted by atomic mass is 16.3. The Kier molecular flexibility index (Phi) is 5.99. The highest BCUT2D eigenvalue weighted by molar-refractivity contribution is 5.71. The smallest absolute Gasteiger partial charge is 0.145 e. The molecule has 2 nitrogen and oxygen atoms in total. The third-order valence-corrected chi connectivity index (χ3v) is 1.05. The van der Waals surface area contributed by atoms with Crippen LogP contribution in [-0.2, 0) is 4.79 Å². The van der Waals surface area contributed by atoms with E-state index in [0.717, 1.165) is 12.7 Å². The molecule has 1 rings (SSSR count). The van der Waals surface area contributed by atoms with Gasteiger partial charge in [-0.15, -0.1) is 0 Å². The first-order valence-corrected chi connectivity index (χ1v) is 3.41. The van der Waals surface area contributed by atoms with Gasteiger partial charge in [0.2, 0.25) is 0 Å². The standard InChI is InChI=1S/C5H8O.C4H4O/c1-3-5(2)4-6;1-2-4-5-3-1/h4H,2-3H2,1H3;1-4H. The number of aldehydes is 1. The fourth-order valence-corrected chi connectivity index (χ4v) is 0.310. The summed E-state index contributed by atoms with van der Waals surface area (Å²) in [6, 6.07) is 3.67. The van der Waals surface area contributed by atoms with Crippen molar-refractivity contribution in [1.82, 2.24) is 0 Å². The van der Waals surface area contributed by atoms with E-state index in [1.165, 1.54) is 0 Å². The lowest BCUT2D eigenvalue weighted by molar-refractivity contribution is -0.105. The van der Waals surface area contributed by atoms with Crippen LogP contribution in [0.25, 0.3) is 0 Å². The van der Waals surface area contributed by atoms with E-state index < -0.39 is 0 Å². The van der Waals surface area contributed by atoms with Gasteiger partial charge in [-0.1, -0.05) is 13.5 Å². The van der Waals surface area contributed by atoms with E-state index in [9.17, 15) is 4.79 Å². The largest absolute Gasteiger partial charge is 0.473 e. The van der Waals surface area contributed by atoms with Crippen molar-refractivity contribution in [3.8, 4) is 0 Å². The van der Waals surface area contributed by atoms with E-state index in [2.05, 4.69) is 11.0 Å². The van der Waals surface area contributed by atoms with Gasteiger partial charge in [-0.25, -0.2) is 0 Å². The molecule has 0 saturated carbocycles. The van der Waals surface area contributed by atoms with Crippen molar-refractivity contribution in [2.75, 3.05) is 0 Å². The fourth-order valence-electron chi connectivity index (χ4n) is 0.310. The molecule has 11 heavy (non-hydrogen) atoms. The Bertz CT molecular complexity index is 170. The Morgan fingerprint density at radius 1 is 1.55 bits per heavy atom. The lowest BCUT2D eigenvalue weighted by Crippen LogP contribution is -1.73. The van der Waals surface area contributed by atoms with Crippen molar-refractivity contribution in [3.05, 3.63) is 36.8 Å². The molecule has 1 aromatic heterocycles. The molecule has 0 aromatic carbocycles. The minimum Gasteiger partial charge on any atom is -0.473 e. The number of carbonyl (C=O) groups is 1. The lowest BCUT2D eigenvalue weighted by atomic mass is 10.3. The van der Waals surface area contributed by atoms with Gasteiger partial charge in [0.05, 0.1) is 12.5 Å². The average molecular weight is 152 g/mol. The molecule has 0 spiro atoms. The van der Waals surface area contributed by atoms with Gasteiger partial charge in [0.15, 0.2) is 0 Å². The van der Waals surface area contributed by atoms with E-state index in [0.29, 0.717) is 5.57 Å². The van der Waals surface area contributed by atoms with E-state index in [1.54, 1.807) is 12.5 Å². The summed E-state index contributed by atoms with van der Waals surface area (Å²) in [5, 5.41) is 0. The topological polar surface area (TPSA) is 30.2 Å². The van der Waals surface area contributed by atoms with Crippen LogP contribution >= 0.6 is 0 Å². The van der Waals surface area contributed by atoms with Crippen LogP contribution in [0.3, 0.4) is 0 Å². The Morgan fingerprint density at radius 2 is 2.09 bits per heavy atom. The van der Waals surface area contributed by atoms with Gasteiger partial charge in [0, 0.05) is 0 Å². The summed E-state index contributed by atoms with van der Waals surface area (Å²) in [5.74, 6) is 0. The zero-order valence-corrected chi connectivity index (χ0v) is 6.62. The Hall–Kier alpha value is -1.31. The van der Waals surface area contributed by atoms with Gasteiger partial charge in [0.1, 0.15) is 6.29 Å². The minimum atomic E-state index is 0.662. The van der Waals surface area contributed by atoms with Crippen LogP contribution in [0.1, 0.15) is 13.3 Å². The quantitative estimate of drug-likeness (QED) is 0.481. The molecule has 0 N–H and O–H groups in total. The van der Waals surface area contributed by atoms with Crippen LogP contribution in [0.15, 0.2) is 41.2 Å². The first-order valence-electron chi connectivity index (χ1n) is 3.41. The molecule has 0 amide bonds. The highest BCUT2D eigenvalue weighted by Crippen LogP contribution is 1.86. The van der Waals surface area contributed by atoms with E-state index in [1.807, 2.05) is 19.1 Å². The predicted octanol–water partition coefficient (Wildman–Crippen LogP) is 2.43. The Morgan fingerprint density at radius 3 is 2.18 bits per heavy atom. The van der Waals surface area contributed by atoms with Crippen LogP contribution in [0, 0.1) is 0 Å². The van der Waals surface area contributed by atoms with E-state index >= 15 is 0 Å². The number of carbonyl (C=O) groups excluding carboxylic acids is 1. The van der Waals surface area contributed by atoms with Gasteiger partial charge in [-0.05, 0) is 24.1 Å². The summed E-state index contributed by atoms with van der Waals surface area (Å²) in [5.41, 5.74) is 0.662. The highest BCUT2D eigenvalue weighted by Gasteiger charge is 1.77. The number of furan rings is 1. The van der Waals surface area contributed by atoms with Gasteiger partial charge < -0.3 is 4.42 Å². The first kappa shape index (κ1) is 9.69. The van der Waals surface area contributed by atoms with Crippen molar-refractivity contribution >= 4 is 6.29 Å². The van der Waals surface area contributed by atoms with Crippen LogP contribution in [0.4, 0.5) is 0 Å². The van der Waals surface area contributed by atoms with Gasteiger partial charge in [-0.3, -0.25) is 4.79 Å². The number of allylic oxidation sites excluding steroid dienone is 1. The molecule has 0 aliphatic carbocycles.